The zero-order chi connectivity index (χ0) is 26.7. The maximum atomic E-state index is 13.1. The second kappa shape index (κ2) is 10.5. The Kier molecular flexibility index (Phi) is 7.36. The Morgan fingerprint density at radius 2 is 1.51 bits per heavy atom. The minimum atomic E-state index is -0.654. The van der Waals surface area contributed by atoms with Crippen LogP contribution in [0.2, 0.25) is 0 Å². The Morgan fingerprint density at radius 1 is 0.892 bits per heavy atom. The van der Waals surface area contributed by atoms with E-state index in [2.05, 4.69) is 5.32 Å². The number of hydrogen-bond acceptors (Lipinski definition) is 6. The van der Waals surface area contributed by atoms with Crippen molar-refractivity contribution < 1.29 is 23.9 Å². The van der Waals surface area contributed by atoms with Crippen LogP contribution in [0.4, 0.5) is 11.4 Å². The summed E-state index contributed by atoms with van der Waals surface area (Å²) >= 11 is 6.26. The van der Waals surface area contributed by atoms with Crippen LogP contribution in [0.1, 0.15) is 43.6 Å². The second-order valence-corrected chi connectivity index (χ2v) is 9.75. The summed E-state index contributed by atoms with van der Waals surface area (Å²) in [4.78, 5) is 39.8. The molecule has 1 heterocycles. The van der Waals surface area contributed by atoms with E-state index in [9.17, 15) is 14.4 Å². The Labute approximate surface area is 220 Å². The fourth-order valence-corrected chi connectivity index (χ4v) is 4.13. The van der Waals surface area contributed by atoms with Crippen LogP contribution in [0.15, 0.2) is 83.5 Å². The highest BCUT2D eigenvalue weighted by molar-refractivity contribution is 6.53. The van der Waals surface area contributed by atoms with Gasteiger partial charge in [-0.05, 0) is 54.8 Å². The largest absolute Gasteiger partial charge is 0.492 e. The summed E-state index contributed by atoms with van der Waals surface area (Å²) in [6.07, 6.45) is 0. The maximum absolute atomic E-state index is 13.1. The molecule has 0 atom stereocenters. The van der Waals surface area contributed by atoms with Crippen LogP contribution in [0.5, 0.6) is 11.5 Å². The van der Waals surface area contributed by atoms with Crippen molar-refractivity contribution >= 4 is 40.8 Å². The Balaban J connectivity index is 1.50. The van der Waals surface area contributed by atoms with Gasteiger partial charge in [0, 0.05) is 11.3 Å². The highest BCUT2D eigenvalue weighted by Crippen LogP contribution is 2.36. The summed E-state index contributed by atoms with van der Waals surface area (Å²) in [5, 5.41) is 2.67. The molecule has 0 bridgehead atoms. The van der Waals surface area contributed by atoms with Gasteiger partial charge in [0.2, 0.25) is 0 Å². The third-order valence-corrected chi connectivity index (χ3v) is 6.07. The topological polar surface area (TPSA) is 84.9 Å². The quantitative estimate of drug-likeness (QED) is 0.233. The van der Waals surface area contributed by atoms with Crippen LogP contribution < -0.4 is 19.7 Å². The molecular weight excluding hydrogens is 492 g/mol. The van der Waals surface area contributed by atoms with E-state index in [1.807, 2.05) is 45.9 Å². The van der Waals surface area contributed by atoms with E-state index in [-0.39, 0.29) is 16.1 Å². The molecule has 3 aromatic carbocycles. The summed E-state index contributed by atoms with van der Waals surface area (Å²) in [5.41, 5.74) is 1.77. The molecule has 4 rings (SSSR count). The number of esters is 1. The first-order valence-corrected chi connectivity index (χ1v) is 12.2. The first-order chi connectivity index (χ1) is 17.6. The highest BCUT2D eigenvalue weighted by Gasteiger charge is 2.40. The molecule has 7 nitrogen and oxygen atoms in total. The van der Waals surface area contributed by atoms with Crippen LogP contribution in [0.3, 0.4) is 0 Å². The number of anilines is 2. The number of rotatable bonds is 7. The van der Waals surface area contributed by atoms with Gasteiger partial charge in [-0.1, -0.05) is 62.7 Å². The Morgan fingerprint density at radius 3 is 2.16 bits per heavy atom. The smallest absolute Gasteiger partial charge is 0.343 e. The minimum absolute atomic E-state index is 0.0626. The number of ether oxygens (including phenoxy) is 2. The van der Waals surface area contributed by atoms with Gasteiger partial charge >= 0.3 is 5.97 Å². The molecule has 0 radical (unpaired) electrons. The maximum Gasteiger partial charge on any atom is 0.343 e. The molecule has 0 spiro atoms. The van der Waals surface area contributed by atoms with Gasteiger partial charge in [-0.25, -0.2) is 9.69 Å². The van der Waals surface area contributed by atoms with Crippen LogP contribution in [0.25, 0.3) is 0 Å². The van der Waals surface area contributed by atoms with Crippen molar-refractivity contribution in [1.29, 1.82) is 0 Å². The van der Waals surface area contributed by atoms with Gasteiger partial charge in [0.1, 0.15) is 22.2 Å². The summed E-state index contributed by atoms with van der Waals surface area (Å²) in [6.45, 7) is 8.32. The molecule has 0 aliphatic carbocycles. The summed E-state index contributed by atoms with van der Waals surface area (Å²) in [6, 6.07) is 20.5. The Hall–Kier alpha value is -4.10. The first kappa shape index (κ1) is 26.0. The van der Waals surface area contributed by atoms with Gasteiger partial charge < -0.3 is 14.8 Å². The average Bonchev–Trinajstić information content (AvgIpc) is 3.07. The molecule has 37 heavy (non-hydrogen) atoms. The zero-order valence-electron chi connectivity index (χ0n) is 21.0. The SMILES string of the molecule is CCOc1ccccc1N1C(=O)C(Cl)=C(Nc2ccc(C(=O)Oc3ccccc3C(C)(C)C)cc2)C1=O. The van der Waals surface area contributed by atoms with Crippen LogP contribution in [-0.2, 0) is 15.0 Å². The van der Waals surface area contributed by atoms with Gasteiger partial charge in [-0.2, -0.15) is 0 Å². The van der Waals surface area contributed by atoms with E-state index in [1.54, 1.807) is 54.6 Å². The number of nitrogens with zero attached hydrogens (tertiary/aromatic N) is 1. The average molecular weight is 519 g/mol. The number of nitrogens with one attached hydrogen (secondary N) is 1. The van der Waals surface area contributed by atoms with Gasteiger partial charge in [-0.15, -0.1) is 0 Å². The molecule has 1 aliphatic heterocycles. The van der Waals surface area contributed by atoms with Crippen molar-refractivity contribution in [1.82, 2.24) is 0 Å². The molecule has 0 aromatic heterocycles. The summed E-state index contributed by atoms with van der Waals surface area (Å²) in [7, 11) is 0. The van der Waals surface area contributed by atoms with Crippen molar-refractivity contribution in [3.63, 3.8) is 0 Å². The fourth-order valence-electron chi connectivity index (χ4n) is 3.92. The minimum Gasteiger partial charge on any atom is -0.492 e. The van der Waals surface area contributed by atoms with E-state index in [0.717, 1.165) is 10.5 Å². The lowest BCUT2D eigenvalue weighted by atomic mass is 9.86. The van der Waals surface area contributed by atoms with E-state index < -0.39 is 17.8 Å². The van der Waals surface area contributed by atoms with E-state index in [4.69, 9.17) is 21.1 Å². The zero-order valence-corrected chi connectivity index (χ0v) is 21.8. The molecule has 190 valence electrons. The fraction of sp³-hybridized carbons (Fsp3) is 0.207. The summed E-state index contributed by atoms with van der Waals surface area (Å²) < 4.78 is 11.2. The lowest BCUT2D eigenvalue weighted by molar-refractivity contribution is -0.120. The van der Waals surface area contributed by atoms with Crippen molar-refractivity contribution in [2.45, 2.75) is 33.1 Å². The second-order valence-electron chi connectivity index (χ2n) is 9.37. The van der Waals surface area contributed by atoms with Gasteiger partial charge in [0.15, 0.2) is 0 Å². The molecule has 2 amide bonds. The van der Waals surface area contributed by atoms with E-state index in [1.165, 1.54) is 0 Å². The standard InChI is InChI=1S/C29H27ClN2O5/c1-5-36-23-13-9-7-11-21(23)32-26(33)24(30)25(27(32)34)31-19-16-14-18(15-17-19)28(35)37-22-12-8-6-10-20(22)29(2,3)4/h6-17,31H,5H2,1-4H3. The van der Waals surface area contributed by atoms with Crippen LogP contribution >= 0.6 is 11.6 Å². The van der Waals surface area contributed by atoms with Crippen molar-refractivity contribution in [2.24, 2.45) is 0 Å². The van der Waals surface area contributed by atoms with Crippen molar-refractivity contribution in [3.8, 4) is 11.5 Å². The molecule has 0 saturated heterocycles. The van der Waals surface area contributed by atoms with E-state index >= 15 is 0 Å². The van der Waals surface area contributed by atoms with Crippen LogP contribution in [0, 0.1) is 0 Å². The number of carbonyl (C=O) groups is 3. The molecular formula is C29H27ClN2O5. The van der Waals surface area contributed by atoms with Crippen molar-refractivity contribution in [2.75, 3.05) is 16.8 Å². The predicted molar refractivity (Wildman–Crippen MR) is 143 cm³/mol. The number of hydrogen-bond donors (Lipinski definition) is 1. The normalized spacial score (nSPS) is 13.7. The molecule has 0 fully saturated rings. The molecule has 1 aliphatic rings. The number of benzene rings is 3. The molecule has 0 saturated carbocycles. The van der Waals surface area contributed by atoms with E-state index in [0.29, 0.717) is 35.0 Å². The van der Waals surface area contributed by atoms with Gasteiger partial charge in [0.05, 0.1) is 17.9 Å². The first-order valence-electron chi connectivity index (χ1n) is 11.8. The number of para-hydroxylation sites is 3. The third-order valence-electron chi connectivity index (χ3n) is 5.72. The molecule has 0 unspecified atom stereocenters. The molecule has 3 aromatic rings. The molecule has 1 N–H and O–H groups in total. The Bertz CT molecular complexity index is 1390. The lowest BCUT2D eigenvalue weighted by Crippen LogP contribution is -2.32. The monoisotopic (exact) mass is 518 g/mol. The highest BCUT2D eigenvalue weighted by atomic mass is 35.5. The third kappa shape index (κ3) is 5.37. The predicted octanol–water partition coefficient (Wildman–Crippen LogP) is 6.04. The molecule has 8 heteroatoms. The van der Waals surface area contributed by atoms with Crippen LogP contribution in [-0.4, -0.2) is 24.4 Å². The van der Waals surface area contributed by atoms with Crippen molar-refractivity contribution in [3.05, 3.63) is 94.7 Å². The number of imide groups is 1. The number of amides is 2. The van der Waals surface area contributed by atoms with Gasteiger partial charge in [0.25, 0.3) is 11.8 Å². The number of halogens is 1. The summed E-state index contributed by atoms with van der Waals surface area (Å²) in [5.74, 6) is -0.871. The number of carbonyl (C=O) groups excluding carboxylic acids is 3. The lowest BCUT2D eigenvalue weighted by Gasteiger charge is -2.22. The van der Waals surface area contributed by atoms with Gasteiger partial charge in [-0.3, -0.25) is 9.59 Å².